The fourth-order valence-corrected chi connectivity index (χ4v) is 2.68. The first-order valence-corrected chi connectivity index (χ1v) is 6.29. The number of rotatable bonds is 3. The topological polar surface area (TPSA) is 21.3 Å². The van der Waals surface area contributed by atoms with Crippen LogP contribution in [0.4, 0.5) is 0 Å². The Kier molecular flexibility index (Phi) is 2.60. The summed E-state index contributed by atoms with van der Waals surface area (Å²) in [5.41, 5.74) is 2.77. The van der Waals surface area contributed by atoms with Crippen molar-refractivity contribution in [2.24, 2.45) is 5.92 Å². The van der Waals surface area contributed by atoms with E-state index in [4.69, 9.17) is 4.74 Å². The molecule has 1 fully saturated rings. The standard InChI is InChI=1S/C14H19NO/c1-10-6-13(7-10)15-9-11-2-3-14-12(8-11)4-5-16-14/h2-3,8,10,13,15H,4-7,9H2,1H3. The van der Waals surface area contributed by atoms with Crippen molar-refractivity contribution < 1.29 is 4.74 Å². The molecule has 2 aliphatic rings. The lowest BCUT2D eigenvalue weighted by Crippen LogP contribution is -2.39. The molecule has 0 unspecified atom stereocenters. The Hall–Kier alpha value is -1.02. The van der Waals surface area contributed by atoms with Gasteiger partial charge in [-0.1, -0.05) is 19.1 Å². The van der Waals surface area contributed by atoms with Gasteiger partial charge in [-0.05, 0) is 36.0 Å². The first-order chi connectivity index (χ1) is 7.81. The van der Waals surface area contributed by atoms with Crippen LogP contribution in [-0.2, 0) is 13.0 Å². The van der Waals surface area contributed by atoms with Crippen LogP contribution < -0.4 is 10.1 Å². The average molecular weight is 217 g/mol. The Morgan fingerprint density at radius 2 is 2.25 bits per heavy atom. The van der Waals surface area contributed by atoms with Crippen LogP contribution in [-0.4, -0.2) is 12.6 Å². The van der Waals surface area contributed by atoms with Gasteiger partial charge in [-0.3, -0.25) is 0 Å². The second-order valence-electron chi connectivity index (χ2n) is 5.19. The lowest BCUT2D eigenvalue weighted by atomic mass is 9.82. The zero-order valence-corrected chi connectivity index (χ0v) is 9.83. The molecule has 0 saturated heterocycles. The highest BCUT2D eigenvalue weighted by Gasteiger charge is 2.24. The smallest absolute Gasteiger partial charge is 0.122 e. The molecule has 0 bridgehead atoms. The number of hydrogen-bond acceptors (Lipinski definition) is 2. The second-order valence-corrected chi connectivity index (χ2v) is 5.19. The fourth-order valence-electron chi connectivity index (χ4n) is 2.68. The van der Waals surface area contributed by atoms with E-state index in [1.807, 2.05) is 0 Å². The van der Waals surface area contributed by atoms with Crippen LogP contribution in [0.1, 0.15) is 30.9 Å². The molecule has 2 nitrogen and oxygen atoms in total. The number of ether oxygens (including phenoxy) is 1. The van der Waals surface area contributed by atoms with E-state index in [1.165, 1.54) is 24.0 Å². The van der Waals surface area contributed by atoms with E-state index in [-0.39, 0.29) is 0 Å². The van der Waals surface area contributed by atoms with Crippen molar-refractivity contribution >= 4 is 0 Å². The van der Waals surface area contributed by atoms with E-state index in [9.17, 15) is 0 Å². The summed E-state index contributed by atoms with van der Waals surface area (Å²) in [5.74, 6) is 2.01. The fraction of sp³-hybridized carbons (Fsp3) is 0.571. The molecule has 1 aliphatic heterocycles. The predicted octanol–water partition coefficient (Wildman–Crippen LogP) is 2.51. The van der Waals surface area contributed by atoms with Gasteiger partial charge in [0.2, 0.25) is 0 Å². The van der Waals surface area contributed by atoms with Crippen molar-refractivity contribution in [3.63, 3.8) is 0 Å². The molecule has 0 spiro atoms. The summed E-state index contributed by atoms with van der Waals surface area (Å²) in [7, 11) is 0. The molecule has 0 radical (unpaired) electrons. The number of hydrogen-bond donors (Lipinski definition) is 1. The molecule has 1 N–H and O–H groups in total. The summed E-state index contributed by atoms with van der Waals surface area (Å²) in [5, 5.41) is 3.62. The number of fused-ring (bicyclic) bond motifs is 1. The normalized spacial score (nSPS) is 27.1. The van der Waals surface area contributed by atoms with Gasteiger partial charge in [-0.2, -0.15) is 0 Å². The van der Waals surface area contributed by atoms with Gasteiger partial charge in [-0.25, -0.2) is 0 Å². The van der Waals surface area contributed by atoms with Gasteiger partial charge in [0.1, 0.15) is 5.75 Å². The minimum Gasteiger partial charge on any atom is -0.493 e. The van der Waals surface area contributed by atoms with Gasteiger partial charge in [0.05, 0.1) is 6.61 Å². The van der Waals surface area contributed by atoms with Crippen molar-refractivity contribution in [3.05, 3.63) is 29.3 Å². The molecule has 0 aromatic heterocycles. The third-order valence-corrected chi connectivity index (χ3v) is 3.72. The number of nitrogens with one attached hydrogen (secondary N) is 1. The summed E-state index contributed by atoms with van der Waals surface area (Å²) in [6, 6.07) is 7.33. The van der Waals surface area contributed by atoms with Crippen LogP contribution in [0.2, 0.25) is 0 Å². The quantitative estimate of drug-likeness (QED) is 0.840. The largest absolute Gasteiger partial charge is 0.493 e. The third-order valence-electron chi connectivity index (χ3n) is 3.72. The van der Waals surface area contributed by atoms with Crippen molar-refractivity contribution in [3.8, 4) is 5.75 Å². The second kappa shape index (κ2) is 4.10. The monoisotopic (exact) mass is 217 g/mol. The van der Waals surface area contributed by atoms with E-state index >= 15 is 0 Å². The van der Waals surface area contributed by atoms with E-state index in [0.29, 0.717) is 0 Å². The molecule has 1 aromatic rings. The molecule has 1 aromatic carbocycles. The molecular formula is C14H19NO. The third kappa shape index (κ3) is 1.94. The van der Waals surface area contributed by atoms with Gasteiger partial charge >= 0.3 is 0 Å². The molecule has 2 heteroatoms. The maximum absolute atomic E-state index is 5.51. The first-order valence-electron chi connectivity index (χ1n) is 6.29. The Morgan fingerprint density at radius 1 is 1.38 bits per heavy atom. The van der Waals surface area contributed by atoms with Crippen molar-refractivity contribution in [1.82, 2.24) is 5.32 Å². The highest BCUT2D eigenvalue weighted by atomic mass is 16.5. The first kappa shape index (κ1) is 10.2. The molecule has 1 saturated carbocycles. The van der Waals surface area contributed by atoms with Crippen molar-refractivity contribution in [1.29, 1.82) is 0 Å². The Labute approximate surface area is 97.0 Å². The van der Waals surface area contributed by atoms with E-state index in [0.717, 1.165) is 37.3 Å². The molecule has 0 atom stereocenters. The predicted molar refractivity (Wildman–Crippen MR) is 64.7 cm³/mol. The zero-order valence-electron chi connectivity index (χ0n) is 9.83. The van der Waals surface area contributed by atoms with Crippen molar-refractivity contribution in [2.45, 2.75) is 38.8 Å². The average Bonchev–Trinajstić information content (AvgIpc) is 2.69. The molecule has 1 heterocycles. The van der Waals surface area contributed by atoms with Gasteiger partial charge in [0.15, 0.2) is 0 Å². The lowest BCUT2D eigenvalue weighted by Gasteiger charge is -2.33. The molecule has 3 rings (SSSR count). The molecule has 1 aliphatic carbocycles. The molecule has 16 heavy (non-hydrogen) atoms. The zero-order chi connectivity index (χ0) is 11.0. The summed E-state index contributed by atoms with van der Waals surface area (Å²) >= 11 is 0. The summed E-state index contributed by atoms with van der Waals surface area (Å²) in [6.07, 6.45) is 3.76. The Balaban J connectivity index is 1.58. The maximum Gasteiger partial charge on any atom is 0.122 e. The molecule has 0 amide bonds. The Bertz CT molecular complexity index is 382. The van der Waals surface area contributed by atoms with Gasteiger partial charge in [-0.15, -0.1) is 0 Å². The molecule has 86 valence electrons. The summed E-state index contributed by atoms with van der Waals surface area (Å²) in [4.78, 5) is 0. The van der Waals surface area contributed by atoms with E-state index in [2.05, 4.69) is 30.4 Å². The minimum absolute atomic E-state index is 0.750. The van der Waals surface area contributed by atoms with E-state index < -0.39 is 0 Å². The van der Waals surface area contributed by atoms with Crippen LogP contribution in [0.3, 0.4) is 0 Å². The van der Waals surface area contributed by atoms with Crippen LogP contribution in [0.25, 0.3) is 0 Å². The summed E-state index contributed by atoms with van der Waals surface area (Å²) in [6.45, 7) is 4.18. The SMILES string of the molecule is CC1CC(NCc2ccc3c(c2)CCO3)C1. The lowest BCUT2D eigenvalue weighted by molar-refractivity contribution is 0.240. The Morgan fingerprint density at radius 3 is 3.06 bits per heavy atom. The maximum atomic E-state index is 5.51. The van der Waals surface area contributed by atoms with Gasteiger partial charge in [0, 0.05) is 19.0 Å². The summed E-state index contributed by atoms with van der Waals surface area (Å²) < 4.78 is 5.51. The van der Waals surface area contributed by atoms with Crippen LogP contribution >= 0.6 is 0 Å². The van der Waals surface area contributed by atoms with Crippen LogP contribution in [0.5, 0.6) is 5.75 Å². The van der Waals surface area contributed by atoms with E-state index in [1.54, 1.807) is 0 Å². The highest BCUT2D eigenvalue weighted by Crippen LogP contribution is 2.28. The minimum atomic E-state index is 0.750. The van der Waals surface area contributed by atoms with Gasteiger partial charge < -0.3 is 10.1 Å². The van der Waals surface area contributed by atoms with Crippen LogP contribution in [0, 0.1) is 5.92 Å². The molecular weight excluding hydrogens is 198 g/mol. The highest BCUT2D eigenvalue weighted by molar-refractivity contribution is 5.39. The number of benzene rings is 1. The van der Waals surface area contributed by atoms with Crippen molar-refractivity contribution in [2.75, 3.05) is 6.61 Å². The van der Waals surface area contributed by atoms with Crippen LogP contribution in [0.15, 0.2) is 18.2 Å². The van der Waals surface area contributed by atoms with Gasteiger partial charge in [0.25, 0.3) is 0 Å².